The van der Waals surface area contributed by atoms with Gasteiger partial charge in [0, 0.05) is 7.11 Å². The molecule has 6 heteroatoms. The maximum Gasteiger partial charge on any atom is 0.331 e. The van der Waals surface area contributed by atoms with Crippen molar-refractivity contribution in [3.8, 4) is 5.75 Å². The molecule has 0 bridgehead atoms. The minimum Gasteiger partial charge on any atom is -0.490 e. The van der Waals surface area contributed by atoms with E-state index in [1.807, 2.05) is 29.2 Å². The van der Waals surface area contributed by atoms with Crippen LogP contribution >= 0.6 is 0 Å². The zero-order chi connectivity index (χ0) is 14.1. The van der Waals surface area contributed by atoms with Crippen LogP contribution in [0.1, 0.15) is 0 Å². The molecule has 0 unspecified atom stereocenters. The van der Waals surface area contributed by atoms with Crippen LogP contribution in [0.2, 0.25) is 0 Å². The summed E-state index contributed by atoms with van der Waals surface area (Å²) >= 11 is 0. The maximum atomic E-state index is 10.1. The third-order valence-corrected chi connectivity index (χ3v) is 2.49. The van der Waals surface area contributed by atoms with E-state index in [1.54, 1.807) is 0 Å². The van der Waals surface area contributed by atoms with Gasteiger partial charge in [0.25, 0.3) is 0 Å². The molecule has 1 aliphatic heterocycles. The quantitative estimate of drug-likeness (QED) is 0.812. The minimum absolute atomic E-state index is 0.0382. The van der Waals surface area contributed by atoms with Gasteiger partial charge in [0.15, 0.2) is 0 Å². The first kappa shape index (κ1) is 15.3. The van der Waals surface area contributed by atoms with Gasteiger partial charge in [0.1, 0.15) is 25.7 Å². The molecule has 6 nitrogen and oxygen atoms in total. The number of ether oxygens (including phenoxy) is 3. The van der Waals surface area contributed by atoms with E-state index < -0.39 is 0 Å². The van der Waals surface area contributed by atoms with Gasteiger partial charge in [-0.1, -0.05) is 12.1 Å². The summed E-state index contributed by atoms with van der Waals surface area (Å²) in [5.74, 6) is 0.514. The summed E-state index contributed by atoms with van der Waals surface area (Å²) in [6, 6.07) is 7.73. The van der Waals surface area contributed by atoms with E-state index in [0.717, 1.165) is 18.0 Å². The Labute approximate surface area is 112 Å². The van der Waals surface area contributed by atoms with Crippen LogP contribution < -0.4 is 9.64 Å². The molecule has 0 saturated heterocycles. The molecule has 0 amide bonds. The summed E-state index contributed by atoms with van der Waals surface area (Å²) in [4.78, 5) is 12.0. The Morgan fingerprint density at radius 1 is 1.42 bits per heavy atom. The second-order valence-electron chi connectivity index (χ2n) is 3.73. The molecule has 0 radical (unpaired) electrons. The number of methoxy groups -OCH3 is 2. The number of hydrogen-bond acceptors (Lipinski definition) is 6. The Kier molecular flexibility index (Phi) is 6.70. The summed E-state index contributed by atoms with van der Waals surface area (Å²) in [6.07, 6.45) is 0. The van der Waals surface area contributed by atoms with E-state index in [4.69, 9.17) is 9.84 Å². The van der Waals surface area contributed by atoms with Gasteiger partial charge < -0.3 is 24.2 Å². The molecule has 1 aromatic rings. The number of anilines is 1. The van der Waals surface area contributed by atoms with Crippen LogP contribution in [-0.4, -0.2) is 51.8 Å². The summed E-state index contributed by atoms with van der Waals surface area (Å²) in [5.41, 5.74) is 0.978. The number of rotatable bonds is 3. The van der Waals surface area contributed by atoms with Crippen LogP contribution in [0.5, 0.6) is 5.75 Å². The van der Waals surface area contributed by atoms with Crippen LogP contribution in [0.3, 0.4) is 0 Å². The normalized spacial score (nSPS) is 12.7. The predicted octanol–water partition coefficient (Wildman–Crippen LogP) is 0.641. The third kappa shape index (κ3) is 4.76. The van der Waals surface area contributed by atoms with E-state index >= 15 is 0 Å². The lowest BCUT2D eigenvalue weighted by Crippen LogP contribution is -2.33. The Morgan fingerprint density at radius 3 is 2.74 bits per heavy atom. The van der Waals surface area contributed by atoms with Gasteiger partial charge >= 0.3 is 5.97 Å². The Morgan fingerprint density at radius 2 is 2.16 bits per heavy atom. The fourth-order valence-electron chi connectivity index (χ4n) is 1.55. The molecule has 0 aliphatic carbocycles. The summed E-state index contributed by atoms with van der Waals surface area (Å²) < 4.78 is 14.0. The number of carbonyl (C=O) groups is 1. The first-order valence-corrected chi connectivity index (χ1v) is 5.86. The number of esters is 1. The molecule has 0 saturated carbocycles. The number of nitrogens with zero attached hydrogens (tertiary/aromatic N) is 1. The summed E-state index contributed by atoms with van der Waals surface area (Å²) in [6.45, 7) is 1.50. The van der Waals surface area contributed by atoms with Gasteiger partial charge in [-0.3, -0.25) is 0 Å². The molecule has 0 fully saturated rings. The molecule has 106 valence electrons. The van der Waals surface area contributed by atoms with Crippen molar-refractivity contribution in [3.05, 3.63) is 24.3 Å². The van der Waals surface area contributed by atoms with Crippen molar-refractivity contribution in [1.29, 1.82) is 0 Å². The van der Waals surface area contributed by atoms with Crippen molar-refractivity contribution in [2.75, 3.05) is 45.6 Å². The second-order valence-corrected chi connectivity index (χ2v) is 3.73. The van der Waals surface area contributed by atoms with E-state index in [2.05, 4.69) is 9.47 Å². The van der Waals surface area contributed by atoms with E-state index in [9.17, 15) is 4.79 Å². The van der Waals surface area contributed by atoms with Gasteiger partial charge in [-0.05, 0) is 12.1 Å². The molecular weight excluding hydrogens is 250 g/mol. The molecule has 1 heterocycles. The van der Waals surface area contributed by atoms with Crippen LogP contribution in [0.4, 0.5) is 5.69 Å². The largest absolute Gasteiger partial charge is 0.490 e. The molecule has 1 N–H and O–H groups in total. The zero-order valence-corrected chi connectivity index (χ0v) is 11.2. The lowest BCUT2D eigenvalue weighted by molar-refractivity contribution is -0.144. The summed E-state index contributed by atoms with van der Waals surface area (Å²) in [7, 11) is 2.76. The molecule has 19 heavy (non-hydrogen) atoms. The monoisotopic (exact) mass is 269 g/mol. The highest BCUT2D eigenvalue weighted by atomic mass is 16.6. The number of benzene rings is 1. The molecular formula is C13H19NO5. The summed E-state index contributed by atoms with van der Waals surface area (Å²) in [5, 5.41) is 9.01. The molecule has 0 spiro atoms. The highest BCUT2D eigenvalue weighted by molar-refractivity contribution is 5.70. The standard InChI is InChI=1S/C9H11NO2.C4H8O3/c11-7-10-5-6-12-9-4-2-1-3-8(9)10;1-6-3-4(5)7-2/h1-4,11H,5-7H2;3H2,1-2H3. The van der Waals surface area contributed by atoms with Gasteiger partial charge in [0.05, 0.1) is 19.3 Å². The second kappa shape index (κ2) is 8.34. The lowest BCUT2D eigenvalue weighted by atomic mass is 10.2. The maximum absolute atomic E-state index is 10.1. The van der Waals surface area contributed by atoms with Crippen molar-refractivity contribution in [3.63, 3.8) is 0 Å². The fraction of sp³-hybridized carbons (Fsp3) is 0.462. The van der Waals surface area contributed by atoms with Crippen molar-refractivity contribution in [2.45, 2.75) is 0 Å². The molecule has 0 aromatic heterocycles. The number of para-hydroxylation sites is 2. The van der Waals surface area contributed by atoms with Crippen molar-refractivity contribution >= 4 is 11.7 Å². The van der Waals surface area contributed by atoms with E-state index in [1.165, 1.54) is 14.2 Å². The Bertz CT molecular complexity index is 396. The van der Waals surface area contributed by atoms with Crippen LogP contribution in [0.25, 0.3) is 0 Å². The van der Waals surface area contributed by atoms with Crippen molar-refractivity contribution in [2.24, 2.45) is 0 Å². The van der Waals surface area contributed by atoms with Crippen LogP contribution in [0, 0.1) is 0 Å². The first-order valence-electron chi connectivity index (χ1n) is 5.86. The SMILES string of the molecule is COCC(=O)OC.OCN1CCOc2ccccc21. The van der Waals surface area contributed by atoms with E-state index in [0.29, 0.717) is 6.61 Å². The van der Waals surface area contributed by atoms with Crippen LogP contribution in [0.15, 0.2) is 24.3 Å². The first-order chi connectivity index (χ1) is 9.22. The predicted molar refractivity (Wildman–Crippen MR) is 70.3 cm³/mol. The van der Waals surface area contributed by atoms with E-state index in [-0.39, 0.29) is 19.3 Å². The molecule has 2 rings (SSSR count). The van der Waals surface area contributed by atoms with Crippen molar-refractivity contribution < 1.29 is 24.1 Å². The number of carbonyl (C=O) groups excluding carboxylic acids is 1. The topological polar surface area (TPSA) is 68.2 Å². The van der Waals surface area contributed by atoms with Gasteiger partial charge in [-0.2, -0.15) is 0 Å². The number of fused-ring (bicyclic) bond motifs is 1. The smallest absolute Gasteiger partial charge is 0.331 e. The number of hydrogen-bond donors (Lipinski definition) is 1. The average molecular weight is 269 g/mol. The molecule has 1 aliphatic rings. The van der Waals surface area contributed by atoms with Crippen LogP contribution in [-0.2, 0) is 14.3 Å². The zero-order valence-electron chi connectivity index (χ0n) is 11.2. The molecule has 0 atom stereocenters. The Hall–Kier alpha value is -1.79. The highest BCUT2D eigenvalue weighted by Gasteiger charge is 2.15. The molecule has 1 aromatic carbocycles. The average Bonchev–Trinajstić information content (AvgIpc) is 2.47. The number of aliphatic hydroxyl groups excluding tert-OH is 1. The Balaban J connectivity index is 0.000000224. The number of aliphatic hydroxyl groups is 1. The minimum atomic E-state index is -0.345. The van der Waals surface area contributed by atoms with Gasteiger partial charge in [-0.15, -0.1) is 0 Å². The highest BCUT2D eigenvalue weighted by Crippen LogP contribution is 2.29. The third-order valence-electron chi connectivity index (χ3n) is 2.49. The van der Waals surface area contributed by atoms with Gasteiger partial charge in [0.2, 0.25) is 0 Å². The lowest BCUT2D eigenvalue weighted by Gasteiger charge is -2.29. The van der Waals surface area contributed by atoms with Gasteiger partial charge in [-0.25, -0.2) is 4.79 Å². The van der Waals surface area contributed by atoms with Crippen molar-refractivity contribution in [1.82, 2.24) is 0 Å². The fourth-order valence-corrected chi connectivity index (χ4v) is 1.55.